The van der Waals surface area contributed by atoms with E-state index in [1.807, 2.05) is 32.0 Å². The summed E-state index contributed by atoms with van der Waals surface area (Å²) in [5, 5.41) is 17.1. The number of anilines is 5. The smallest absolute Gasteiger partial charge is 0.330 e. The summed E-state index contributed by atoms with van der Waals surface area (Å²) in [5.74, 6) is -1.90. The van der Waals surface area contributed by atoms with Crippen LogP contribution in [0.25, 0.3) is 0 Å². The van der Waals surface area contributed by atoms with Gasteiger partial charge in [0, 0.05) is 49.3 Å². The minimum atomic E-state index is -0.984. The fraction of sp³-hybridized carbons (Fsp3) is 0.212. The molecule has 1 aliphatic heterocycles. The molecule has 4 aromatic rings. The molecule has 2 N–H and O–H groups in total. The lowest BCUT2D eigenvalue weighted by Crippen LogP contribution is -2.56. The number of urea groups is 1. The van der Waals surface area contributed by atoms with Gasteiger partial charge in [0.05, 0.1) is 23.4 Å². The molecule has 3 aromatic carbocycles. The number of pyridine rings is 1. The van der Waals surface area contributed by atoms with Gasteiger partial charge in [0.2, 0.25) is 5.82 Å². The molecule has 236 valence electrons. The first-order valence-corrected chi connectivity index (χ1v) is 14.5. The number of hydrogen-bond acceptors (Lipinski definition) is 8. The zero-order chi connectivity index (χ0) is 32.8. The molecule has 4 amide bonds. The van der Waals surface area contributed by atoms with Gasteiger partial charge in [-0.3, -0.25) is 19.7 Å². The molecule has 1 aromatic heterocycles. The van der Waals surface area contributed by atoms with Crippen molar-refractivity contribution in [3.05, 3.63) is 107 Å². The number of para-hydroxylation sites is 1. The van der Waals surface area contributed by atoms with Crippen molar-refractivity contribution in [2.45, 2.75) is 19.9 Å². The van der Waals surface area contributed by atoms with E-state index in [4.69, 9.17) is 4.74 Å². The molecular weight excluding hydrogens is 590 g/mol. The summed E-state index contributed by atoms with van der Waals surface area (Å²) in [6.07, 6.45) is 1.36. The van der Waals surface area contributed by atoms with Gasteiger partial charge in [0.1, 0.15) is 5.75 Å². The summed E-state index contributed by atoms with van der Waals surface area (Å²) < 4.78 is 5.41. The summed E-state index contributed by atoms with van der Waals surface area (Å²) in [7, 11) is 1.39. The van der Waals surface area contributed by atoms with Crippen LogP contribution in [0, 0.1) is 17.0 Å². The fourth-order valence-corrected chi connectivity index (χ4v) is 5.31. The van der Waals surface area contributed by atoms with Crippen molar-refractivity contribution in [2.75, 3.05) is 47.2 Å². The van der Waals surface area contributed by atoms with Crippen LogP contribution in [-0.2, 0) is 9.59 Å². The number of nitrogens with one attached hydrogen (secondary N) is 2. The third kappa shape index (κ3) is 6.88. The standard InChI is InChI=1S/C33H33N7O6/c1-22-9-7-12-25(19-22)38-18-17-37(21-23(38)2)33(43)39(30-28(40(44)45)13-8-16-34-30)26-14-15-29(46-3)27(20-26)36-32(42)31(41)35-24-10-5-4-6-11-24/h4-16,19-20,23H,17-18,21H2,1-3H3,(H,35,41)(H,36,42). The lowest BCUT2D eigenvalue weighted by atomic mass is 10.1. The van der Waals surface area contributed by atoms with Crippen molar-refractivity contribution in [3.63, 3.8) is 0 Å². The Bertz CT molecular complexity index is 1770. The van der Waals surface area contributed by atoms with Crippen molar-refractivity contribution < 1.29 is 24.0 Å². The van der Waals surface area contributed by atoms with E-state index in [-0.39, 0.29) is 34.7 Å². The first kappa shape index (κ1) is 31.4. The molecule has 1 saturated heterocycles. The molecule has 46 heavy (non-hydrogen) atoms. The molecular formula is C33H33N7O6. The van der Waals surface area contributed by atoms with E-state index in [9.17, 15) is 24.5 Å². The van der Waals surface area contributed by atoms with Gasteiger partial charge in [0.15, 0.2) is 0 Å². The number of rotatable bonds is 7. The molecule has 0 saturated carbocycles. The number of carbonyl (C=O) groups is 3. The van der Waals surface area contributed by atoms with Gasteiger partial charge in [-0.25, -0.2) is 14.7 Å². The number of aromatic nitrogens is 1. The molecule has 13 heteroatoms. The molecule has 0 spiro atoms. The van der Waals surface area contributed by atoms with Crippen molar-refractivity contribution in [2.24, 2.45) is 0 Å². The van der Waals surface area contributed by atoms with Crippen molar-refractivity contribution in [1.29, 1.82) is 0 Å². The quantitative estimate of drug-likeness (QED) is 0.159. The van der Waals surface area contributed by atoms with Gasteiger partial charge in [-0.2, -0.15) is 0 Å². The average molecular weight is 624 g/mol. The van der Waals surface area contributed by atoms with Gasteiger partial charge in [-0.1, -0.05) is 30.3 Å². The summed E-state index contributed by atoms with van der Waals surface area (Å²) in [4.78, 5) is 60.5. The highest BCUT2D eigenvalue weighted by atomic mass is 16.6. The normalized spacial score (nSPS) is 14.3. The Balaban J connectivity index is 1.47. The number of methoxy groups -OCH3 is 1. The first-order chi connectivity index (χ1) is 22.2. The number of benzene rings is 3. The molecule has 0 radical (unpaired) electrons. The average Bonchev–Trinajstić information content (AvgIpc) is 3.05. The second kappa shape index (κ2) is 13.8. The van der Waals surface area contributed by atoms with Gasteiger partial charge in [0.25, 0.3) is 0 Å². The molecule has 1 unspecified atom stereocenters. The van der Waals surface area contributed by atoms with E-state index in [2.05, 4.69) is 26.6 Å². The maximum atomic E-state index is 14.3. The number of aryl methyl sites for hydroxylation is 1. The minimum absolute atomic E-state index is 0.0612. The van der Waals surface area contributed by atoms with E-state index < -0.39 is 22.8 Å². The van der Waals surface area contributed by atoms with Crippen LogP contribution in [0.4, 0.5) is 39.0 Å². The number of nitro groups is 1. The summed E-state index contributed by atoms with van der Waals surface area (Å²) in [6.45, 7) is 5.25. The molecule has 1 aliphatic rings. The number of ether oxygens (including phenoxy) is 1. The van der Waals surface area contributed by atoms with Crippen LogP contribution in [0.1, 0.15) is 12.5 Å². The topological polar surface area (TPSA) is 150 Å². The summed E-state index contributed by atoms with van der Waals surface area (Å²) in [5.41, 5.74) is 2.45. The minimum Gasteiger partial charge on any atom is -0.495 e. The number of piperazine rings is 1. The molecule has 1 fully saturated rings. The Kier molecular flexibility index (Phi) is 9.41. The van der Waals surface area contributed by atoms with Crippen LogP contribution in [0.3, 0.4) is 0 Å². The van der Waals surface area contributed by atoms with Crippen LogP contribution in [0.5, 0.6) is 5.75 Å². The third-order valence-electron chi connectivity index (χ3n) is 7.52. The first-order valence-electron chi connectivity index (χ1n) is 14.5. The highest BCUT2D eigenvalue weighted by Gasteiger charge is 2.35. The van der Waals surface area contributed by atoms with Gasteiger partial charge in [-0.15, -0.1) is 0 Å². The van der Waals surface area contributed by atoms with Crippen LogP contribution in [-0.4, -0.2) is 65.4 Å². The zero-order valence-corrected chi connectivity index (χ0v) is 25.5. The predicted molar refractivity (Wildman–Crippen MR) is 175 cm³/mol. The summed E-state index contributed by atoms with van der Waals surface area (Å²) in [6, 6.07) is 23.1. The molecule has 5 rings (SSSR count). The highest BCUT2D eigenvalue weighted by molar-refractivity contribution is 6.43. The second-order valence-corrected chi connectivity index (χ2v) is 10.7. The van der Waals surface area contributed by atoms with E-state index >= 15 is 0 Å². The molecule has 2 heterocycles. The van der Waals surface area contributed by atoms with Crippen LogP contribution >= 0.6 is 0 Å². The third-order valence-corrected chi connectivity index (χ3v) is 7.52. The molecule has 0 bridgehead atoms. The van der Waals surface area contributed by atoms with Crippen molar-refractivity contribution >= 4 is 52.1 Å². The van der Waals surface area contributed by atoms with E-state index in [0.717, 1.165) is 16.2 Å². The van der Waals surface area contributed by atoms with Crippen LogP contribution in [0.15, 0.2) is 91.1 Å². The predicted octanol–water partition coefficient (Wildman–Crippen LogP) is 5.35. The zero-order valence-electron chi connectivity index (χ0n) is 25.5. The Morgan fingerprint density at radius 3 is 2.41 bits per heavy atom. The van der Waals surface area contributed by atoms with E-state index in [0.29, 0.717) is 25.3 Å². The Hall–Kier alpha value is -5.98. The van der Waals surface area contributed by atoms with Gasteiger partial charge < -0.3 is 25.2 Å². The fourth-order valence-electron chi connectivity index (χ4n) is 5.31. The SMILES string of the molecule is COc1ccc(N(C(=O)N2CCN(c3cccc(C)c3)C(C)C2)c2ncccc2[N+](=O)[O-])cc1NC(=O)C(=O)Nc1ccccc1. The Labute approximate surface area is 265 Å². The maximum absolute atomic E-state index is 14.3. The number of nitrogens with zero attached hydrogens (tertiary/aromatic N) is 5. The maximum Gasteiger partial charge on any atom is 0.330 e. The van der Waals surface area contributed by atoms with Crippen molar-refractivity contribution in [3.8, 4) is 5.75 Å². The number of amides is 4. The number of hydrogen-bond donors (Lipinski definition) is 2. The van der Waals surface area contributed by atoms with Gasteiger partial charge >= 0.3 is 23.5 Å². The lowest BCUT2D eigenvalue weighted by Gasteiger charge is -2.42. The van der Waals surface area contributed by atoms with Crippen LogP contribution in [0.2, 0.25) is 0 Å². The van der Waals surface area contributed by atoms with Crippen molar-refractivity contribution in [1.82, 2.24) is 9.88 Å². The summed E-state index contributed by atoms with van der Waals surface area (Å²) >= 11 is 0. The lowest BCUT2D eigenvalue weighted by molar-refractivity contribution is -0.384. The van der Waals surface area contributed by atoms with Crippen LogP contribution < -0.4 is 25.2 Å². The Morgan fingerprint density at radius 2 is 1.72 bits per heavy atom. The second-order valence-electron chi connectivity index (χ2n) is 10.7. The number of carbonyl (C=O) groups excluding carboxylic acids is 3. The highest BCUT2D eigenvalue weighted by Crippen LogP contribution is 2.37. The van der Waals surface area contributed by atoms with Gasteiger partial charge in [-0.05, 0) is 67.9 Å². The monoisotopic (exact) mass is 623 g/mol. The largest absolute Gasteiger partial charge is 0.495 e. The van der Waals surface area contributed by atoms with E-state index in [1.54, 1.807) is 35.2 Å². The molecule has 0 aliphatic carbocycles. The van der Waals surface area contributed by atoms with E-state index in [1.165, 1.54) is 43.6 Å². The molecule has 13 nitrogen and oxygen atoms in total. The molecule has 1 atom stereocenters. The Morgan fingerprint density at radius 1 is 0.957 bits per heavy atom.